The Balaban J connectivity index is 1.29. The molecule has 1 amide bonds. The second-order valence-electron chi connectivity index (χ2n) is 7.27. The van der Waals surface area contributed by atoms with Crippen molar-refractivity contribution in [3.63, 3.8) is 0 Å². The Morgan fingerprint density at radius 1 is 1.04 bits per heavy atom. The first-order valence-corrected chi connectivity index (χ1v) is 10.00. The smallest absolute Gasteiger partial charge is 0.227 e. The van der Waals surface area contributed by atoms with Crippen molar-refractivity contribution in [1.82, 2.24) is 14.8 Å². The number of carbonyl (C=O) groups is 1. The van der Waals surface area contributed by atoms with E-state index in [1.54, 1.807) is 0 Å². The fourth-order valence-corrected chi connectivity index (χ4v) is 3.82. The van der Waals surface area contributed by atoms with Gasteiger partial charge in [0.05, 0.1) is 13.0 Å². The topological polar surface area (TPSA) is 48.6 Å². The fraction of sp³-hybridized carbons (Fsp3) is 0.348. The Hall–Kier alpha value is -2.79. The summed E-state index contributed by atoms with van der Waals surface area (Å²) < 4.78 is 5.50. The highest BCUT2D eigenvalue weighted by atomic mass is 16.5. The lowest BCUT2D eigenvalue weighted by molar-refractivity contribution is -0.132. The lowest BCUT2D eigenvalue weighted by Crippen LogP contribution is -2.48. The van der Waals surface area contributed by atoms with Gasteiger partial charge in [-0.15, -0.1) is 0 Å². The molecular weight excluding hydrogens is 350 g/mol. The van der Waals surface area contributed by atoms with Crippen molar-refractivity contribution in [2.75, 3.05) is 32.8 Å². The maximum Gasteiger partial charge on any atom is 0.227 e. The highest BCUT2D eigenvalue weighted by Gasteiger charge is 2.22. The average molecular weight is 377 g/mol. The third-order valence-electron chi connectivity index (χ3n) is 5.38. The minimum absolute atomic E-state index is 0.213. The molecule has 0 unspecified atom stereocenters. The SMILES string of the molecule is CCOc1ccc(CN2CCN(C(=O)Cc3c[nH]c4ccccc34)CC2)cc1. The van der Waals surface area contributed by atoms with Gasteiger partial charge in [-0.2, -0.15) is 0 Å². The first kappa shape index (κ1) is 18.6. The van der Waals surface area contributed by atoms with Crippen LogP contribution >= 0.6 is 0 Å². The molecule has 28 heavy (non-hydrogen) atoms. The summed E-state index contributed by atoms with van der Waals surface area (Å²) in [5.41, 5.74) is 3.45. The van der Waals surface area contributed by atoms with E-state index in [0.717, 1.165) is 54.9 Å². The van der Waals surface area contributed by atoms with Crippen molar-refractivity contribution in [3.8, 4) is 5.75 Å². The van der Waals surface area contributed by atoms with Crippen LogP contribution in [0.25, 0.3) is 10.9 Å². The van der Waals surface area contributed by atoms with E-state index in [4.69, 9.17) is 4.74 Å². The molecule has 1 saturated heterocycles. The van der Waals surface area contributed by atoms with Crippen LogP contribution in [0.15, 0.2) is 54.7 Å². The molecule has 1 aliphatic heterocycles. The molecule has 0 aliphatic carbocycles. The molecule has 3 aromatic rings. The zero-order chi connectivity index (χ0) is 19.3. The second kappa shape index (κ2) is 8.48. The van der Waals surface area contributed by atoms with Crippen LogP contribution in [0.2, 0.25) is 0 Å². The van der Waals surface area contributed by atoms with E-state index in [9.17, 15) is 4.79 Å². The lowest BCUT2D eigenvalue weighted by Gasteiger charge is -2.34. The van der Waals surface area contributed by atoms with E-state index < -0.39 is 0 Å². The number of hydrogen-bond acceptors (Lipinski definition) is 3. The number of amides is 1. The van der Waals surface area contributed by atoms with Crippen molar-refractivity contribution in [2.24, 2.45) is 0 Å². The summed E-state index contributed by atoms with van der Waals surface area (Å²) in [5.74, 6) is 1.13. The quantitative estimate of drug-likeness (QED) is 0.716. The zero-order valence-corrected chi connectivity index (χ0v) is 16.4. The summed E-state index contributed by atoms with van der Waals surface area (Å²) >= 11 is 0. The molecule has 5 heteroatoms. The van der Waals surface area contributed by atoms with Crippen molar-refractivity contribution >= 4 is 16.8 Å². The number of aromatic amines is 1. The molecule has 0 bridgehead atoms. The number of benzene rings is 2. The van der Waals surface area contributed by atoms with Gasteiger partial charge in [0.25, 0.3) is 0 Å². The Morgan fingerprint density at radius 3 is 2.54 bits per heavy atom. The van der Waals surface area contributed by atoms with Crippen molar-refractivity contribution in [3.05, 3.63) is 65.9 Å². The summed E-state index contributed by atoms with van der Waals surface area (Å²) in [4.78, 5) is 20.4. The highest BCUT2D eigenvalue weighted by molar-refractivity contribution is 5.88. The van der Waals surface area contributed by atoms with Crippen molar-refractivity contribution < 1.29 is 9.53 Å². The van der Waals surface area contributed by atoms with Crippen molar-refractivity contribution in [2.45, 2.75) is 19.9 Å². The molecule has 0 saturated carbocycles. The Bertz CT molecular complexity index is 924. The number of aromatic nitrogens is 1. The number of H-pyrrole nitrogens is 1. The predicted octanol–water partition coefficient (Wildman–Crippen LogP) is 3.45. The van der Waals surface area contributed by atoms with Gasteiger partial charge in [-0.05, 0) is 36.2 Å². The van der Waals surface area contributed by atoms with Crippen LogP contribution < -0.4 is 4.74 Å². The predicted molar refractivity (Wildman–Crippen MR) is 111 cm³/mol. The second-order valence-corrected chi connectivity index (χ2v) is 7.27. The van der Waals surface area contributed by atoms with Gasteiger partial charge in [0.1, 0.15) is 5.75 Å². The molecule has 0 atom stereocenters. The molecule has 4 rings (SSSR count). The number of piperazine rings is 1. The Labute approximate surface area is 165 Å². The van der Waals surface area contributed by atoms with Gasteiger partial charge in [-0.1, -0.05) is 30.3 Å². The first-order chi connectivity index (χ1) is 13.7. The molecular formula is C23H27N3O2. The summed E-state index contributed by atoms with van der Waals surface area (Å²) in [7, 11) is 0. The zero-order valence-electron chi connectivity index (χ0n) is 16.4. The number of nitrogens with one attached hydrogen (secondary N) is 1. The van der Waals surface area contributed by atoms with Gasteiger partial charge in [0.15, 0.2) is 0 Å². The van der Waals surface area contributed by atoms with Crippen LogP contribution in [0.3, 0.4) is 0 Å². The summed E-state index contributed by atoms with van der Waals surface area (Å²) in [6.07, 6.45) is 2.42. The monoisotopic (exact) mass is 377 g/mol. The number of ether oxygens (including phenoxy) is 1. The van der Waals surface area contributed by atoms with Crippen LogP contribution in [-0.2, 0) is 17.8 Å². The molecule has 0 spiro atoms. The van der Waals surface area contributed by atoms with Crippen molar-refractivity contribution in [1.29, 1.82) is 0 Å². The number of para-hydroxylation sites is 1. The van der Waals surface area contributed by atoms with E-state index in [2.05, 4.69) is 28.1 Å². The van der Waals surface area contributed by atoms with Gasteiger partial charge in [-0.3, -0.25) is 9.69 Å². The third-order valence-corrected chi connectivity index (χ3v) is 5.38. The molecule has 0 radical (unpaired) electrons. The number of nitrogens with zero attached hydrogens (tertiary/aromatic N) is 2. The number of fused-ring (bicyclic) bond motifs is 1. The highest BCUT2D eigenvalue weighted by Crippen LogP contribution is 2.19. The van der Waals surface area contributed by atoms with Crippen LogP contribution in [0.5, 0.6) is 5.75 Å². The van der Waals surface area contributed by atoms with E-state index in [-0.39, 0.29) is 5.91 Å². The van der Waals surface area contributed by atoms with Crippen LogP contribution in [0, 0.1) is 0 Å². The first-order valence-electron chi connectivity index (χ1n) is 10.00. The minimum atomic E-state index is 0.213. The molecule has 1 N–H and O–H groups in total. The Kier molecular flexibility index (Phi) is 5.63. The van der Waals surface area contributed by atoms with E-state index in [1.807, 2.05) is 48.4 Å². The molecule has 2 heterocycles. The molecule has 1 fully saturated rings. The van der Waals surface area contributed by atoms with E-state index in [1.165, 1.54) is 5.56 Å². The largest absolute Gasteiger partial charge is 0.494 e. The summed E-state index contributed by atoms with van der Waals surface area (Å²) in [5, 5.41) is 1.14. The van der Waals surface area contributed by atoms with Crippen LogP contribution in [-0.4, -0.2) is 53.5 Å². The summed E-state index contributed by atoms with van der Waals surface area (Å²) in [6.45, 7) is 6.99. The van der Waals surface area contributed by atoms with Gasteiger partial charge in [0.2, 0.25) is 5.91 Å². The Morgan fingerprint density at radius 2 is 1.79 bits per heavy atom. The molecule has 5 nitrogen and oxygen atoms in total. The standard InChI is InChI=1S/C23H27N3O2/c1-2-28-20-9-7-18(8-10-20)17-25-11-13-26(14-12-25)23(27)15-19-16-24-22-6-4-3-5-21(19)22/h3-10,16,24H,2,11-15,17H2,1H3. The molecule has 146 valence electrons. The van der Waals surface area contributed by atoms with E-state index >= 15 is 0 Å². The lowest BCUT2D eigenvalue weighted by atomic mass is 10.1. The maximum atomic E-state index is 12.8. The fourth-order valence-electron chi connectivity index (χ4n) is 3.82. The molecule has 2 aromatic carbocycles. The minimum Gasteiger partial charge on any atom is -0.494 e. The van der Waals surface area contributed by atoms with Crippen LogP contribution in [0.4, 0.5) is 0 Å². The maximum absolute atomic E-state index is 12.8. The number of carbonyl (C=O) groups excluding carboxylic acids is 1. The number of hydrogen-bond donors (Lipinski definition) is 1. The van der Waals surface area contributed by atoms with Gasteiger partial charge < -0.3 is 14.6 Å². The molecule has 1 aliphatic rings. The van der Waals surface area contributed by atoms with Gasteiger partial charge in [0, 0.05) is 49.8 Å². The normalized spacial score (nSPS) is 15.1. The van der Waals surface area contributed by atoms with Crippen LogP contribution in [0.1, 0.15) is 18.1 Å². The van der Waals surface area contributed by atoms with Gasteiger partial charge in [-0.25, -0.2) is 0 Å². The average Bonchev–Trinajstić information content (AvgIpc) is 3.13. The van der Waals surface area contributed by atoms with E-state index in [0.29, 0.717) is 13.0 Å². The summed E-state index contributed by atoms with van der Waals surface area (Å²) in [6, 6.07) is 16.4. The van der Waals surface area contributed by atoms with Gasteiger partial charge >= 0.3 is 0 Å². The third kappa shape index (κ3) is 4.20. The number of rotatable bonds is 6. The molecule has 1 aromatic heterocycles.